The summed E-state index contributed by atoms with van der Waals surface area (Å²) in [6.45, 7) is 1.08. The monoisotopic (exact) mass is 304 g/mol. The van der Waals surface area contributed by atoms with Crippen molar-refractivity contribution < 1.29 is 12.8 Å². The normalized spacial score (nSPS) is 18.2. The number of nitrogens with two attached hydrogens (primary N) is 1. The van der Waals surface area contributed by atoms with Gasteiger partial charge in [-0.1, -0.05) is 6.07 Å². The standard InChI is InChI=1S/C12H17FN2O2S2/c13-11-8-10(9-14)2-3-12(11)19(16,17)15-4-1-6-18-7-5-15/h2-3,8H,1,4-7,9,14H2. The van der Waals surface area contributed by atoms with Crippen LogP contribution in [0.3, 0.4) is 0 Å². The largest absolute Gasteiger partial charge is 0.326 e. The predicted molar refractivity (Wildman–Crippen MR) is 75.0 cm³/mol. The maximum Gasteiger partial charge on any atom is 0.246 e. The van der Waals surface area contributed by atoms with Crippen LogP contribution in [-0.2, 0) is 16.6 Å². The third-order valence-corrected chi connectivity index (χ3v) is 6.01. The minimum atomic E-state index is -3.74. The van der Waals surface area contributed by atoms with Crippen molar-refractivity contribution in [3.05, 3.63) is 29.6 Å². The van der Waals surface area contributed by atoms with Crippen molar-refractivity contribution in [1.29, 1.82) is 0 Å². The molecule has 0 spiro atoms. The Morgan fingerprint density at radius 2 is 2.11 bits per heavy atom. The summed E-state index contributed by atoms with van der Waals surface area (Å²) >= 11 is 1.72. The van der Waals surface area contributed by atoms with E-state index in [0.29, 0.717) is 18.7 Å². The fourth-order valence-electron chi connectivity index (χ4n) is 1.98. The van der Waals surface area contributed by atoms with Gasteiger partial charge in [0.25, 0.3) is 0 Å². The van der Waals surface area contributed by atoms with Gasteiger partial charge in [-0.3, -0.25) is 0 Å². The number of sulfonamides is 1. The van der Waals surface area contributed by atoms with Gasteiger partial charge in [-0.15, -0.1) is 0 Å². The number of benzene rings is 1. The van der Waals surface area contributed by atoms with Gasteiger partial charge in [0.2, 0.25) is 10.0 Å². The Kier molecular flexibility index (Phi) is 4.83. The minimum absolute atomic E-state index is 0.192. The third-order valence-electron chi connectivity index (χ3n) is 3.03. The van der Waals surface area contributed by atoms with Crippen LogP contribution < -0.4 is 5.73 Å². The van der Waals surface area contributed by atoms with Gasteiger partial charge in [0, 0.05) is 25.4 Å². The lowest BCUT2D eigenvalue weighted by atomic mass is 10.2. The molecule has 1 aliphatic rings. The van der Waals surface area contributed by atoms with Crippen LogP contribution >= 0.6 is 11.8 Å². The van der Waals surface area contributed by atoms with Gasteiger partial charge in [-0.2, -0.15) is 16.1 Å². The first-order valence-corrected chi connectivity index (χ1v) is 8.71. The maximum absolute atomic E-state index is 13.9. The van der Waals surface area contributed by atoms with Crippen LogP contribution in [0.15, 0.2) is 23.1 Å². The maximum atomic E-state index is 13.9. The molecule has 4 nitrogen and oxygen atoms in total. The smallest absolute Gasteiger partial charge is 0.246 e. The van der Waals surface area contributed by atoms with E-state index in [1.165, 1.54) is 16.4 Å². The van der Waals surface area contributed by atoms with E-state index in [1.54, 1.807) is 17.8 Å². The molecule has 2 N–H and O–H groups in total. The van der Waals surface area contributed by atoms with E-state index < -0.39 is 15.8 Å². The Morgan fingerprint density at radius 3 is 2.79 bits per heavy atom. The van der Waals surface area contributed by atoms with Gasteiger partial charge in [0.05, 0.1) is 0 Å². The van der Waals surface area contributed by atoms with Crippen LogP contribution in [0.5, 0.6) is 0 Å². The highest BCUT2D eigenvalue weighted by molar-refractivity contribution is 7.99. The van der Waals surface area contributed by atoms with Gasteiger partial charge in [-0.25, -0.2) is 12.8 Å². The summed E-state index contributed by atoms with van der Waals surface area (Å²) in [7, 11) is -3.74. The highest BCUT2D eigenvalue weighted by atomic mass is 32.2. The lowest BCUT2D eigenvalue weighted by molar-refractivity contribution is 0.430. The first-order valence-electron chi connectivity index (χ1n) is 6.12. The summed E-state index contributed by atoms with van der Waals surface area (Å²) in [4.78, 5) is -0.253. The number of hydrogen-bond acceptors (Lipinski definition) is 4. The van der Waals surface area contributed by atoms with E-state index >= 15 is 0 Å². The minimum Gasteiger partial charge on any atom is -0.326 e. The van der Waals surface area contributed by atoms with Crippen LogP contribution in [0.4, 0.5) is 4.39 Å². The van der Waals surface area contributed by atoms with Gasteiger partial charge in [0.15, 0.2) is 0 Å². The molecule has 19 heavy (non-hydrogen) atoms. The van der Waals surface area contributed by atoms with Gasteiger partial charge in [0.1, 0.15) is 10.7 Å². The van der Waals surface area contributed by atoms with Gasteiger partial charge < -0.3 is 5.73 Å². The molecule has 1 saturated heterocycles. The van der Waals surface area contributed by atoms with Crippen LogP contribution in [0.1, 0.15) is 12.0 Å². The van der Waals surface area contributed by atoms with E-state index in [-0.39, 0.29) is 11.4 Å². The zero-order valence-electron chi connectivity index (χ0n) is 10.5. The molecule has 0 amide bonds. The molecule has 0 aliphatic carbocycles. The summed E-state index contributed by atoms with van der Waals surface area (Å²) in [5.74, 6) is 0.974. The van der Waals surface area contributed by atoms with Crippen LogP contribution in [-0.4, -0.2) is 37.3 Å². The molecule has 0 unspecified atom stereocenters. The molecule has 1 aromatic carbocycles. The Morgan fingerprint density at radius 1 is 1.32 bits per heavy atom. The summed E-state index contributed by atoms with van der Waals surface area (Å²) in [5.41, 5.74) is 6.00. The molecule has 2 rings (SSSR count). The molecule has 1 fully saturated rings. The SMILES string of the molecule is NCc1ccc(S(=O)(=O)N2CCCSCC2)c(F)c1. The molecular weight excluding hydrogens is 287 g/mol. The van der Waals surface area contributed by atoms with Crippen molar-refractivity contribution in [2.45, 2.75) is 17.9 Å². The lowest BCUT2D eigenvalue weighted by Gasteiger charge is -2.20. The predicted octanol–water partition coefficient (Wildman–Crippen LogP) is 1.41. The zero-order chi connectivity index (χ0) is 13.9. The lowest BCUT2D eigenvalue weighted by Crippen LogP contribution is -2.33. The average molecular weight is 304 g/mol. The fourth-order valence-corrected chi connectivity index (χ4v) is 4.51. The van der Waals surface area contributed by atoms with Crippen molar-refractivity contribution >= 4 is 21.8 Å². The molecule has 0 atom stereocenters. The fraction of sp³-hybridized carbons (Fsp3) is 0.500. The van der Waals surface area contributed by atoms with Crippen LogP contribution in [0.25, 0.3) is 0 Å². The second-order valence-electron chi connectivity index (χ2n) is 4.34. The van der Waals surface area contributed by atoms with E-state index in [2.05, 4.69) is 0 Å². The Labute approximate surface area is 117 Å². The number of nitrogens with zero attached hydrogens (tertiary/aromatic N) is 1. The first-order chi connectivity index (χ1) is 9.05. The molecule has 1 aliphatic heterocycles. The second kappa shape index (κ2) is 6.21. The number of thioether (sulfide) groups is 1. The third kappa shape index (κ3) is 3.28. The van der Waals surface area contributed by atoms with Gasteiger partial charge >= 0.3 is 0 Å². The van der Waals surface area contributed by atoms with E-state index in [4.69, 9.17) is 5.73 Å². The Balaban J connectivity index is 2.32. The molecule has 106 valence electrons. The van der Waals surface area contributed by atoms with E-state index in [1.807, 2.05) is 0 Å². The van der Waals surface area contributed by atoms with Crippen LogP contribution in [0, 0.1) is 5.82 Å². The van der Waals surface area contributed by atoms with Gasteiger partial charge in [-0.05, 0) is 29.9 Å². The highest BCUT2D eigenvalue weighted by Gasteiger charge is 2.27. The summed E-state index contributed by atoms with van der Waals surface area (Å²) in [6, 6.07) is 4.06. The number of rotatable bonds is 3. The summed E-state index contributed by atoms with van der Waals surface area (Å²) in [5, 5.41) is 0. The zero-order valence-corrected chi connectivity index (χ0v) is 12.1. The second-order valence-corrected chi connectivity index (χ2v) is 7.47. The molecule has 0 saturated carbocycles. The van der Waals surface area contributed by atoms with E-state index in [9.17, 15) is 12.8 Å². The Hall–Kier alpha value is -0.630. The summed E-state index contributed by atoms with van der Waals surface area (Å²) < 4.78 is 40.1. The van der Waals surface area contributed by atoms with Crippen molar-refractivity contribution in [2.24, 2.45) is 5.73 Å². The topological polar surface area (TPSA) is 63.4 Å². The highest BCUT2D eigenvalue weighted by Crippen LogP contribution is 2.23. The van der Waals surface area contributed by atoms with Crippen molar-refractivity contribution in [2.75, 3.05) is 24.6 Å². The molecule has 1 heterocycles. The first kappa shape index (κ1) is 14.8. The van der Waals surface area contributed by atoms with Crippen molar-refractivity contribution in [3.63, 3.8) is 0 Å². The Bertz CT molecular complexity index is 541. The molecule has 0 aromatic heterocycles. The molecule has 0 radical (unpaired) electrons. The molecule has 1 aromatic rings. The van der Waals surface area contributed by atoms with Crippen LogP contribution in [0.2, 0.25) is 0 Å². The van der Waals surface area contributed by atoms with Crippen molar-refractivity contribution in [1.82, 2.24) is 4.31 Å². The summed E-state index contributed by atoms with van der Waals surface area (Å²) in [6.07, 6.45) is 0.798. The quantitative estimate of drug-likeness (QED) is 0.917. The molecule has 0 bridgehead atoms. The van der Waals surface area contributed by atoms with Crippen molar-refractivity contribution in [3.8, 4) is 0 Å². The number of hydrogen-bond donors (Lipinski definition) is 1. The molecule has 7 heteroatoms. The number of halogens is 1. The van der Waals surface area contributed by atoms with E-state index in [0.717, 1.165) is 17.9 Å². The molecular formula is C12H17FN2O2S2. The average Bonchev–Trinajstić information content (AvgIpc) is 2.67.